The van der Waals surface area contributed by atoms with Crippen LogP contribution in [0.15, 0.2) is 94.7 Å². The number of hydrogen-bond acceptors (Lipinski definition) is 3. The molecule has 1 atom stereocenters. The zero-order valence-corrected chi connectivity index (χ0v) is 15.2. The number of nitrogens with one attached hydrogen (secondary N) is 1. The molecule has 0 spiro atoms. The Morgan fingerprint density at radius 2 is 1.28 bits per heavy atom. The molecule has 25 heavy (non-hydrogen) atoms. The van der Waals surface area contributed by atoms with Gasteiger partial charge in [0.15, 0.2) is 0 Å². The summed E-state index contributed by atoms with van der Waals surface area (Å²) in [5.41, 5.74) is 0.861. The Labute approximate surface area is 153 Å². The molecule has 0 saturated heterocycles. The van der Waals surface area contributed by atoms with E-state index in [1.807, 2.05) is 67.7 Å². The minimum Gasteiger partial charge on any atom is -0.380 e. The Morgan fingerprint density at radius 3 is 1.88 bits per heavy atom. The molecule has 0 aliphatic carbocycles. The van der Waals surface area contributed by atoms with Gasteiger partial charge in [-0.2, -0.15) is 0 Å². The van der Waals surface area contributed by atoms with Gasteiger partial charge in [0.2, 0.25) is 0 Å². The SMILES string of the molecule is CNCCC(O)(c1ccccc1)c1ccc(Sc2ccccc2)cc1. The molecular weight excluding hydrogens is 326 g/mol. The van der Waals surface area contributed by atoms with Gasteiger partial charge >= 0.3 is 0 Å². The quantitative estimate of drug-likeness (QED) is 0.649. The van der Waals surface area contributed by atoms with Crippen molar-refractivity contribution in [3.05, 3.63) is 96.1 Å². The van der Waals surface area contributed by atoms with Crippen molar-refractivity contribution in [2.75, 3.05) is 13.6 Å². The maximum absolute atomic E-state index is 11.4. The van der Waals surface area contributed by atoms with Crippen LogP contribution in [0.2, 0.25) is 0 Å². The number of aliphatic hydroxyl groups is 1. The predicted molar refractivity (Wildman–Crippen MR) is 105 cm³/mol. The first-order valence-electron chi connectivity index (χ1n) is 8.48. The van der Waals surface area contributed by atoms with Crippen LogP contribution in [-0.4, -0.2) is 18.7 Å². The highest BCUT2D eigenvalue weighted by Gasteiger charge is 2.30. The molecule has 2 nitrogen and oxygen atoms in total. The molecule has 0 bridgehead atoms. The molecule has 0 aromatic heterocycles. The molecule has 3 rings (SSSR count). The van der Waals surface area contributed by atoms with Crippen molar-refractivity contribution in [3.63, 3.8) is 0 Å². The molecule has 2 N–H and O–H groups in total. The van der Waals surface area contributed by atoms with Crippen LogP contribution in [0.25, 0.3) is 0 Å². The second-order valence-electron chi connectivity index (χ2n) is 6.02. The van der Waals surface area contributed by atoms with Gasteiger partial charge in [-0.1, -0.05) is 72.4 Å². The van der Waals surface area contributed by atoms with E-state index in [4.69, 9.17) is 0 Å². The summed E-state index contributed by atoms with van der Waals surface area (Å²) in [6, 6.07) is 28.4. The van der Waals surface area contributed by atoms with Crippen molar-refractivity contribution in [1.82, 2.24) is 5.32 Å². The summed E-state index contributed by atoms with van der Waals surface area (Å²) in [7, 11) is 1.91. The van der Waals surface area contributed by atoms with Crippen molar-refractivity contribution in [1.29, 1.82) is 0 Å². The van der Waals surface area contributed by atoms with Crippen LogP contribution in [0.5, 0.6) is 0 Å². The molecule has 0 saturated carbocycles. The first-order valence-corrected chi connectivity index (χ1v) is 9.30. The zero-order valence-electron chi connectivity index (χ0n) is 14.4. The highest BCUT2D eigenvalue weighted by molar-refractivity contribution is 7.99. The highest BCUT2D eigenvalue weighted by Crippen LogP contribution is 2.35. The van der Waals surface area contributed by atoms with E-state index in [0.29, 0.717) is 6.42 Å². The maximum atomic E-state index is 11.4. The van der Waals surface area contributed by atoms with E-state index in [9.17, 15) is 5.11 Å². The second kappa shape index (κ2) is 8.34. The van der Waals surface area contributed by atoms with E-state index < -0.39 is 5.60 Å². The van der Waals surface area contributed by atoms with Crippen LogP contribution < -0.4 is 5.32 Å². The van der Waals surface area contributed by atoms with E-state index in [-0.39, 0.29) is 0 Å². The minimum atomic E-state index is -0.986. The van der Waals surface area contributed by atoms with Crippen molar-refractivity contribution in [2.24, 2.45) is 0 Å². The second-order valence-corrected chi connectivity index (χ2v) is 7.17. The molecule has 0 amide bonds. The standard InChI is InChI=1S/C22H23NOS/c1-23-17-16-22(24,18-8-4-2-5-9-18)19-12-14-21(15-13-19)25-20-10-6-3-7-11-20/h2-15,23-24H,16-17H2,1H3. The third kappa shape index (κ3) is 4.31. The third-order valence-electron chi connectivity index (χ3n) is 4.30. The summed E-state index contributed by atoms with van der Waals surface area (Å²) < 4.78 is 0. The van der Waals surface area contributed by atoms with Crippen molar-refractivity contribution >= 4 is 11.8 Å². The van der Waals surface area contributed by atoms with Gasteiger partial charge in [-0.05, 0) is 55.4 Å². The largest absolute Gasteiger partial charge is 0.380 e. The lowest BCUT2D eigenvalue weighted by molar-refractivity contribution is 0.0716. The average Bonchev–Trinajstić information content (AvgIpc) is 2.68. The van der Waals surface area contributed by atoms with Gasteiger partial charge in [-0.3, -0.25) is 0 Å². The van der Waals surface area contributed by atoms with Crippen LogP contribution in [0.3, 0.4) is 0 Å². The molecular formula is C22H23NOS. The molecule has 3 heteroatoms. The number of rotatable bonds is 7. The van der Waals surface area contributed by atoms with E-state index in [1.165, 1.54) is 9.79 Å². The van der Waals surface area contributed by atoms with Gasteiger partial charge < -0.3 is 10.4 Å². The summed E-state index contributed by atoms with van der Waals surface area (Å²) in [4.78, 5) is 2.38. The molecule has 0 heterocycles. The summed E-state index contributed by atoms with van der Waals surface area (Å²) in [5.74, 6) is 0. The highest BCUT2D eigenvalue weighted by atomic mass is 32.2. The molecule has 0 radical (unpaired) electrons. The van der Waals surface area contributed by atoms with Crippen molar-refractivity contribution in [3.8, 4) is 0 Å². The first-order chi connectivity index (χ1) is 12.2. The lowest BCUT2D eigenvalue weighted by Gasteiger charge is -2.29. The van der Waals surface area contributed by atoms with Crippen LogP contribution in [0, 0.1) is 0 Å². The molecule has 3 aromatic carbocycles. The molecule has 3 aromatic rings. The number of hydrogen-bond donors (Lipinski definition) is 2. The number of benzene rings is 3. The normalized spacial score (nSPS) is 13.4. The monoisotopic (exact) mass is 349 g/mol. The Bertz CT molecular complexity index is 774. The predicted octanol–water partition coefficient (Wildman–Crippen LogP) is 4.68. The summed E-state index contributed by atoms with van der Waals surface area (Å²) >= 11 is 1.73. The lowest BCUT2D eigenvalue weighted by Crippen LogP contribution is -2.31. The summed E-state index contributed by atoms with van der Waals surface area (Å²) in [6.07, 6.45) is 0.624. The van der Waals surface area contributed by atoms with Crippen LogP contribution in [0.1, 0.15) is 17.5 Å². The first kappa shape index (κ1) is 17.7. The topological polar surface area (TPSA) is 32.3 Å². The Hall–Kier alpha value is -2.07. The van der Waals surface area contributed by atoms with Crippen LogP contribution in [0.4, 0.5) is 0 Å². The van der Waals surface area contributed by atoms with E-state index in [2.05, 4.69) is 29.6 Å². The molecule has 0 aliphatic rings. The third-order valence-corrected chi connectivity index (χ3v) is 5.31. The Kier molecular flexibility index (Phi) is 5.92. The van der Waals surface area contributed by atoms with Gasteiger partial charge in [-0.15, -0.1) is 0 Å². The Morgan fingerprint density at radius 1 is 0.760 bits per heavy atom. The van der Waals surface area contributed by atoms with E-state index in [0.717, 1.165) is 17.7 Å². The average molecular weight is 349 g/mol. The van der Waals surface area contributed by atoms with Gasteiger partial charge in [0.25, 0.3) is 0 Å². The van der Waals surface area contributed by atoms with Gasteiger partial charge in [-0.25, -0.2) is 0 Å². The fourth-order valence-corrected chi connectivity index (χ4v) is 3.74. The van der Waals surface area contributed by atoms with Crippen LogP contribution >= 0.6 is 11.8 Å². The molecule has 0 aliphatic heterocycles. The van der Waals surface area contributed by atoms with Crippen LogP contribution in [-0.2, 0) is 5.60 Å². The van der Waals surface area contributed by atoms with Crippen molar-refractivity contribution < 1.29 is 5.11 Å². The summed E-state index contributed by atoms with van der Waals surface area (Å²) in [6.45, 7) is 0.742. The van der Waals surface area contributed by atoms with Gasteiger partial charge in [0.05, 0.1) is 0 Å². The molecule has 1 unspecified atom stereocenters. The summed E-state index contributed by atoms with van der Waals surface area (Å²) in [5, 5.41) is 14.6. The minimum absolute atomic E-state index is 0.624. The Balaban J connectivity index is 1.86. The lowest BCUT2D eigenvalue weighted by atomic mass is 9.83. The smallest absolute Gasteiger partial charge is 0.116 e. The van der Waals surface area contributed by atoms with E-state index in [1.54, 1.807) is 11.8 Å². The van der Waals surface area contributed by atoms with E-state index >= 15 is 0 Å². The van der Waals surface area contributed by atoms with Crippen molar-refractivity contribution in [2.45, 2.75) is 21.8 Å². The maximum Gasteiger partial charge on any atom is 0.116 e. The van der Waals surface area contributed by atoms with Gasteiger partial charge in [0.1, 0.15) is 5.60 Å². The molecule has 128 valence electrons. The van der Waals surface area contributed by atoms with Gasteiger partial charge in [0, 0.05) is 9.79 Å². The fourth-order valence-electron chi connectivity index (χ4n) is 2.90. The zero-order chi connectivity index (χ0) is 17.5. The molecule has 0 fully saturated rings. The fraction of sp³-hybridized carbons (Fsp3) is 0.182.